The first-order chi connectivity index (χ1) is 7.70. The molecule has 0 spiro atoms. The average molecular weight is 213 g/mol. The summed E-state index contributed by atoms with van der Waals surface area (Å²) < 4.78 is 0. The number of hydrogen-bond donors (Lipinski definition) is 0. The van der Waals surface area contributed by atoms with Gasteiger partial charge >= 0.3 is 0 Å². The predicted octanol–water partition coefficient (Wildman–Crippen LogP) is 4.19. The van der Waals surface area contributed by atoms with Gasteiger partial charge in [-0.1, -0.05) is 31.0 Å². The van der Waals surface area contributed by atoms with Crippen molar-refractivity contribution < 1.29 is 0 Å². The van der Waals surface area contributed by atoms with Crippen molar-refractivity contribution in [1.29, 1.82) is 0 Å². The van der Waals surface area contributed by atoms with Crippen LogP contribution in [-0.2, 0) is 6.42 Å². The number of benzene rings is 1. The highest BCUT2D eigenvalue weighted by Gasteiger charge is 2.02. The van der Waals surface area contributed by atoms with Gasteiger partial charge in [0.1, 0.15) is 0 Å². The van der Waals surface area contributed by atoms with Crippen molar-refractivity contribution >= 4 is 10.8 Å². The highest BCUT2D eigenvalue weighted by Crippen LogP contribution is 2.20. The summed E-state index contributed by atoms with van der Waals surface area (Å²) in [6.07, 6.45) is 3.55. The highest BCUT2D eigenvalue weighted by molar-refractivity contribution is 5.85. The Hall–Kier alpha value is -1.37. The van der Waals surface area contributed by atoms with E-state index in [9.17, 15) is 0 Å². The van der Waals surface area contributed by atoms with E-state index in [2.05, 4.69) is 50.0 Å². The van der Waals surface area contributed by atoms with E-state index in [0.717, 1.165) is 12.1 Å². The number of hydrogen-bond acceptors (Lipinski definition) is 1. The lowest BCUT2D eigenvalue weighted by Crippen LogP contribution is -1.94. The van der Waals surface area contributed by atoms with Crippen LogP contribution in [0, 0.1) is 13.8 Å². The van der Waals surface area contributed by atoms with Gasteiger partial charge in [0.25, 0.3) is 0 Å². The smallest absolute Gasteiger partial charge is 0.0454 e. The van der Waals surface area contributed by atoms with Gasteiger partial charge < -0.3 is 0 Å². The highest BCUT2D eigenvalue weighted by atomic mass is 14.7. The van der Waals surface area contributed by atoms with Gasteiger partial charge in [-0.15, -0.1) is 0 Å². The second-order valence-corrected chi connectivity index (χ2v) is 4.53. The van der Waals surface area contributed by atoms with E-state index in [4.69, 9.17) is 0 Å². The zero-order chi connectivity index (χ0) is 11.5. The fourth-order valence-electron chi connectivity index (χ4n) is 2.08. The fraction of sp³-hybridized carbons (Fsp3) is 0.400. The molecule has 0 unspecified atom stereocenters. The Kier molecular flexibility index (Phi) is 3.23. The van der Waals surface area contributed by atoms with Crippen molar-refractivity contribution in [3.05, 3.63) is 41.2 Å². The van der Waals surface area contributed by atoms with Crippen molar-refractivity contribution in [1.82, 2.24) is 4.98 Å². The first kappa shape index (κ1) is 11.1. The average Bonchev–Trinajstić information content (AvgIpc) is 2.27. The Morgan fingerprint density at radius 3 is 2.69 bits per heavy atom. The van der Waals surface area contributed by atoms with Crippen LogP contribution >= 0.6 is 0 Å². The van der Waals surface area contributed by atoms with Gasteiger partial charge in [0.2, 0.25) is 0 Å². The van der Waals surface area contributed by atoms with Crippen LogP contribution in [0.5, 0.6) is 0 Å². The molecule has 1 nitrogen and oxygen atoms in total. The van der Waals surface area contributed by atoms with Crippen LogP contribution in [-0.4, -0.2) is 4.98 Å². The minimum absolute atomic E-state index is 1.10. The monoisotopic (exact) mass is 213 g/mol. The molecule has 2 aromatic rings. The molecule has 1 heterocycles. The summed E-state index contributed by atoms with van der Waals surface area (Å²) in [5.74, 6) is 0. The summed E-state index contributed by atoms with van der Waals surface area (Å²) in [6.45, 7) is 6.46. The number of aryl methyl sites for hydroxylation is 3. The van der Waals surface area contributed by atoms with Gasteiger partial charge in [0, 0.05) is 16.8 Å². The Balaban J connectivity index is 2.46. The minimum Gasteiger partial charge on any atom is -0.258 e. The van der Waals surface area contributed by atoms with Gasteiger partial charge in [-0.25, -0.2) is 0 Å². The second-order valence-electron chi connectivity index (χ2n) is 4.53. The molecule has 0 saturated carbocycles. The maximum absolute atomic E-state index is 4.68. The molecule has 0 aliphatic rings. The SMILES string of the molecule is CCCCc1cc2ccc(C)cc2c(C)n1. The first-order valence-corrected chi connectivity index (χ1v) is 6.07. The molecular weight excluding hydrogens is 194 g/mol. The summed E-state index contributed by atoms with van der Waals surface area (Å²) >= 11 is 0. The molecule has 1 heteroatoms. The molecule has 16 heavy (non-hydrogen) atoms. The number of unbranched alkanes of at least 4 members (excludes halogenated alkanes) is 1. The molecular formula is C15H19N. The minimum atomic E-state index is 1.10. The van der Waals surface area contributed by atoms with Crippen LogP contribution < -0.4 is 0 Å². The van der Waals surface area contributed by atoms with Crippen molar-refractivity contribution in [2.24, 2.45) is 0 Å². The lowest BCUT2D eigenvalue weighted by Gasteiger charge is -2.06. The number of pyridine rings is 1. The van der Waals surface area contributed by atoms with E-state index in [-0.39, 0.29) is 0 Å². The Bertz CT molecular complexity index is 500. The molecule has 84 valence electrons. The van der Waals surface area contributed by atoms with Crippen molar-refractivity contribution in [2.75, 3.05) is 0 Å². The zero-order valence-corrected chi connectivity index (χ0v) is 10.4. The van der Waals surface area contributed by atoms with Crippen molar-refractivity contribution in [2.45, 2.75) is 40.0 Å². The Morgan fingerprint density at radius 1 is 1.12 bits per heavy atom. The third kappa shape index (κ3) is 2.24. The second kappa shape index (κ2) is 4.65. The lowest BCUT2D eigenvalue weighted by molar-refractivity contribution is 0.775. The molecule has 0 N–H and O–H groups in total. The molecule has 0 fully saturated rings. The number of rotatable bonds is 3. The molecule has 0 amide bonds. The van der Waals surface area contributed by atoms with E-state index in [1.165, 1.54) is 34.9 Å². The first-order valence-electron chi connectivity index (χ1n) is 6.07. The van der Waals surface area contributed by atoms with Gasteiger partial charge in [0.05, 0.1) is 0 Å². The largest absolute Gasteiger partial charge is 0.258 e. The molecule has 0 bridgehead atoms. The van der Waals surface area contributed by atoms with Crippen LogP contribution in [0.15, 0.2) is 24.3 Å². The number of nitrogens with zero attached hydrogens (tertiary/aromatic N) is 1. The van der Waals surface area contributed by atoms with Gasteiger partial charge in [-0.05, 0) is 44.2 Å². The summed E-state index contributed by atoms with van der Waals surface area (Å²) in [5, 5.41) is 2.62. The number of aromatic nitrogens is 1. The lowest BCUT2D eigenvalue weighted by atomic mass is 10.0. The van der Waals surface area contributed by atoms with E-state index in [1.54, 1.807) is 0 Å². The summed E-state index contributed by atoms with van der Waals surface area (Å²) in [6, 6.07) is 8.83. The third-order valence-corrected chi connectivity index (χ3v) is 3.02. The van der Waals surface area contributed by atoms with Crippen LogP contribution in [0.3, 0.4) is 0 Å². The Morgan fingerprint density at radius 2 is 1.94 bits per heavy atom. The molecule has 0 radical (unpaired) electrons. The molecule has 0 aliphatic carbocycles. The van der Waals surface area contributed by atoms with E-state index < -0.39 is 0 Å². The third-order valence-electron chi connectivity index (χ3n) is 3.02. The molecule has 2 rings (SSSR count). The summed E-state index contributed by atoms with van der Waals surface area (Å²) in [5.41, 5.74) is 3.70. The predicted molar refractivity (Wildman–Crippen MR) is 69.8 cm³/mol. The molecule has 0 saturated heterocycles. The van der Waals surface area contributed by atoms with Crippen LogP contribution in [0.2, 0.25) is 0 Å². The fourth-order valence-corrected chi connectivity index (χ4v) is 2.08. The van der Waals surface area contributed by atoms with Crippen LogP contribution in [0.1, 0.15) is 36.7 Å². The van der Waals surface area contributed by atoms with Gasteiger partial charge in [0.15, 0.2) is 0 Å². The van der Waals surface area contributed by atoms with E-state index in [1.807, 2.05) is 0 Å². The molecule has 1 aromatic heterocycles. The summed E-state index contributed by atoms with van der Waals surface area (Å²) in [4.78, 5) is 4.68. The number of fused-ring (bicyclic) bond motifs is 1. The molecule has 0 aliphatic heterocycles. The van der Waals surface area contributed by atoms with E-state index in [0.29, 0.717) is 0 Å². The van der Waals surface area contributed by atoms with Crippen LogP contribution in [0.25, 0.3) is 10.8 Å². The van der Waals surface area contributed by atoms with Crippen LogP contribution in [0.4, 0.5) is 0 Å². The topological polar surface area (TPSA) is 12.9 Å². The maximum Gasteiger partial charge on any atom is 0.0454 e. The maximum atomic E-state index is 4.68. The molecule has 0 atom stereocenters. The normalized spacial score (nSPS) is 10.9. The Labute approximate surface area is 97.5 Å². The van der Waals surface area contributed by atoms with Crippen molar-refractivity contribution in [3.8, 4) is 0 Å². The summed E-state index contributed by atoms with van der Waals surface area (Å²) in [7, 11) is 0. The molecule has 1 aromatic carbocycles. The van der Waals surface area contributed by atoms with Gasteiger partial charge in [-0.2, -0.15) is 0 Å². The van der Waals surface area contributed by atoms with E-state index >= 15 is 0 Å². The van der Waals surface area contributed by atoms with Gasteiger partial charge in [-0.3, -0.25) is 4.98 Å². The zero-order valence-electron chi connectivity index (χ0n) is 10.4. The van der Waals surface area contributed by atoms with Crippen molar-refractivity contribution in [3.63, 3.8) is 0 Å². The quantitative estimate of drug-likeness (QED) is 0.744. The standard InChI is InChI=1S/C15H19N/c1-4-5-6-14-10-13-8-7-11(2)9-15(13)12(3)16-14/h7-10H,4-6H2,1-3H3.